The third kappa shape index (κ3) is 3.06. The highest BCUT2D eigenvalue weighted by Crippen LogP contribution is 2.48. The topological polar surface area (TPSA) is 47.3 Å². The molecule has 1 heterocycles. The molecule has 2 atom stereocenters. The predicted molar refractivity (Wildman–Crippen MR) is 75.0 cm³/mol. The summed E-state index contributed by atoms with van der Waals surface area (Å²) in [6.45, 7) is 6.51. The molecule has 0 spiro atoms. The monoisotopic (exact) mass is 254 g/mol. The van der Waals surface area contributed by atoms with Gasteiger partial charge in [0, 0.05) is 12.6 Å². The van der Waals surface area contributed by atoms with Gasteiger partial charge in [0.2, 0.25) is 0 Å². The van der Waals surface area contributed by atoms with Gasteiger partial charge in [-0.05, 0) is 49.4 Å². The molecule has 0 aromatic heterocycles. The number of rotatable bonds is 5. The van der Waals surface area contributed by atoms with E-state index in [4.69, 9.17) is 10.6 Å². The highest BCUT2D eigenvalue weighted by Gasteiger charge is 2.44. The van der Waals surface area contributed by atoms with Crippen molar-refractivity contribution in [3.8, 4) is 0 Å². The molecular formula is C15H30N2O. The smallest absolute Gasteiger partial charge is 0.0509 e. The van der Waals surface area contributed by atoms with Crippen molar-refractivity contribution in [1.29, 1.82) is 0 Å². The number of nitrogens with one attached hydrogen (secondary N) is 1. The zero-order chi connectivity index (χ0) is 13.0. The Bertz CT molecular complexity index is 243. The Hall–Kier alpha value is -0.120. The van der Waals surface area contributed by atoms with Crippen LogP contribution < -0.4 is 11.3 Å². The molecule has 18 heavy (non-hydrogen) atoms. The van der Waals surface area contributed by atoms with Gasteiger partial charge in [0.25, 0.3) is 0 Å². The second-order valence-electron chi connectivity index (χ2n) is 6.79. The van der Waals surface area contributed by atoms with Crippen LogP contribution in [0.2, 0.25) is 0 Å². The molecule has 1 saturated heterocycles. The molecule has 0 aromatic carbocycles. The van der Waals surface area contributed by atoms with E-state index < -0.39 is 0 Å². The lowest BCUT2D eigenvalue weighted by Crippen LogP contribution is -2.54. The summed E-state index contributed by atoms with van der Waals surface area (Å²) in [7, 11) is 0. The maximum atomic E-state index is 5.94. The fourth-order valence-electron chi connectivity index (χ4n) is 4.38. The van der Waals surface area contributed by atoms with Crippen molar-refractivity contribution in [2.45, 2.75) is 64.8 Å². The predicted octanol–water partition coefficient (Wildman–Crippen LogP) is 2.85. The van der Waals surface area contributed by atoms with Gasteiger partial charge in [-0.15, -0.1) is 0 Å². The zero-order valence-corrected chi connectivity index (χ0v) is 12.1. The van der Waals surface area contributed by atoms with Crippen LogP contribution >= 0.6 is 0 Å². The normalized spacial score (nSPS) is 29.7. The maximum Gasteiger partial charge on any atom is 0.0509 e. The number of ether oxygens (including phenoxy) is 1. The van der Waals surface area contributed by atoms with E-state index in [1.54, 1.807) is 0 Å². The second kappa shape index (κ2) is 6.36. The minimum atomic E-state index is 0.425. The molecule has 1 aliphatic heterocycles. The fraction of sp³-hybridized carbons (Fsp3) is 1.00. The van der Waals surface area contributed by atoms with Gasteiger partial charge in [0.15, 0.2) is 0 Å². The van der Waals surface area contributed by atoms with Crippen LogP contribution in [0.1, 0.15) is 58.8 Å². The number of hydrogen-bond donors (Lipinski definition) is 2. The third-order valence-corrected chi connectivity index (χ3v) is 4.92. The summed E-state index contributed by atoms with van der Waals surface area (Å²) >= 11 is 0. The van der Waals surface area contributed by atoms with Gasteiger partial charge >= 0.3 is 0 Å². The van der Waals surface area contributed by atoms with E-state index in [2.05, 4.69) is 19.3 Å². The molecule has 0 bridgehead atoms. The van der Waals surface area contributed by atoms with E-state index in [0.29, 0.717) is 17.4 Å². The Morgan fingerprint density at radius 1 is 1.28 bits per heavy atom. The maximum absolute atomic E-state index is 5.94. The number of nitrogens with two attached hydrogens (primary N) is 1. The Labute approximate surface area is 112 Å². The second-order valence-corrected chi connectivity index (χ2v) is 6.79. The summed E-state index contributed by atoms with van der Waals surface area (Å²) in [5.41, 5.74) is 3.60. The zero-order valence-electron chi connectivity index (χ0n) is 12.1. The van der Waals surface area contributed by atoms with Gasteiger partial charge in [0.05, 0.1) is 6.61 Å². The molecule has 106 valence electrons. The average molecular weight is 254 g/mol. The van der Waals surface area contributed by atoms with Crippen LogP contribution in [0.15, 0.2) is 0 Å². The first-order valence-electron chi connectivity index (χ1n) is 7.72. The highest BCUT2D eigenvalue weighted by atomic mass is 16.5. The van der Waals surface area contributed by atoms with E-state index in [1.807, 2.05) is 0 Å². The van der Waals surface area contributed by atoms with Gasteiger partial charge in [-0.25, -0.2) is 0 Å². The molecule has 0 radical (unpaired) electrons. The lowest BCUT2D eigenvalue weighted by molar-refractivity contribution is 0.00203. The molecule has 0 amide bonds. The molecule has 1 aliphatic carbocycles. The third-order valence-electron chi connectivity index (χ3n) is 4.92. The van der Waals surface area contributed by atoms with Crippen LogP contribution in [0.5, 0.6) is 0 Å². The molecule has 0 aromatic rings. The van der Waals surface area contributed by atoms with Crippen molar-refractivity contribution in [3.05, 3.63) is 0 Å². The standard InChI is InChI=1S/C15H30N2O/c1-12(2)10-15(7-3-4-8-15)14(17-16)13-6-5-9-18-11-13/h12-14,17H,3-11,16H2,1-2H3. The van der Waals surface area contributed by atoms with E-state index in [1.165, 1.54) is 44.9 Å². The number of hydrogen-bond acceptors (Lipinski definition) is 3. The molecule has 3 heteroatoms. The fourth-order valence-corrected chi connectivity index (χ4v) is 4.38. The van der Waals surface area contributed by atoms with Crippen LogP contribution in [0.3, 0.4) is 0 Å². The van der Waals surface area contributed by atoms with Crippen LogP contribution in [-0.2, 0) is 4.74 Å². The Kier molecular flexibility index (Phi) is 5.05. The molecule has 2 fully saturated rings. The Balaban J connectivity index is 2.10. The quantitative estimate of drug-likeness (QED) is 0.586. The van der Waals surface area contributed by atoms with E-state index in [-0.39, 0.29) is 0 Å². The number of hydrazine groups is 1. The molecule has 2 aliphatic rings. The molecule has 2 unspecified atom stereocenters. The molecule has 1 saturated carbocycles. The summed E-state index contributed by atoms with van der Waals surface area (Å²) in [5.74, 6) is 7.30. The lowest BCUT2D eigenvalue weighted by atomic mass is 9.68. The van der Waals surface area contributed by atoms with Crippen molar-refractivity contribution in [2.75, 3.05) is 13.2 Å². The van der Waals surface area contributed by atoms with Gasteiger partial charge in [0.1, 0.15) is 0 Å². The van der Waals surface area contributed by atoms with E-state index >= 15 is 0 Å². The minimum Gasteiger partial charge on any atom is -0.381 e. The Morgan fingerprint density at radius 2 is 2.00 bits per heavy atom. The van der Waals surface area contributed by atoms with E-state index in [9.17, 15) is 0 Å². The minimum absolute atomic E-state index is 0.425. The highest BCUT2D eigenvalue weighted by molar-refractivity contribution is 4.98. The summed E-state index contributed by atoms with van der Waals surface area (Å²) < 4.78 is 5.68. The summed E-state index contributed by atoms with van der Waals surface area (Å²) in [5, 5.41) is 0. The van der Waals surface area contributed by atoms with Crippen molar-refractivity contribution >= 4 is 0 Å². The van der Waals surface area contributed by atoms with Gasteiger partial charge in [-0.3, -0.25) is 11.3 Å². The van der Waals surface area contributed by atoms with E-state index in [0.717, 1.165) is 19.1 Å². The largest absolute Gasteiger partial charge is 0.381 e. The van der Waals surface area contributed by atoms with Crippen molar-refractivity contribution in [1.82, 2.24) is 5.43 Å². The van der Waals surface area contributed by atoms with Crippen LogP contribution in [0.25, 0.3) is 0 Å². The van der Waals surface area contributed by atoms with Gasteiger partial charge in [-0.1, -0.05) is 26.7 Å². The van der Waals surface area contributed by atoms with Crippen LogP contribution in [0.4, 0.5) is 0 Å². The van der Waals surface area contributed by atoms with Crippen molar-refractivity contribution < 1.29 is 4.74 Å². The van der Waals surface area contributed by atoms with Crippen LogP contribution in [-0.4, -0.2) is 19.3 Å². The first kappa shape index (κ1) is 14.3. The summed E-state index contributed by atoms with van der Waals surface area (Å²) in [6.07, 6.45) is 9.21. The molecule has 2 rings (SSSR count). The van der Waals surface area contributed by atoms with Crippen LogP contribution in [0, 0.1) is 17.3 Å². The van der Waals surface area contributed by atoms with Gasteiger partial charge < -0.3 is 4.74 Å². The SMILES string of the molecule is CC(C)CC1(C(NN)C2CCCOC2)CCCC1. The van der Waals surface area contributed by atoms with Crippen molar-refractivity contribution in [2.24, 2.45) is 23.1 Å². The molecular weight excluding hydrogens is 224 g/mol. The van der Waals surface area contributed by atoms with Crippen molar-refractivity contribution in [3.63, 3.8) is 0 Å². The van der Waals surface area contributed by atoms with Gasteiger partial charge in [-0.2, -0.15) is 0 Å². The summed E-state index contributed by atoms with van der Waals surface area (Å²) in [4.78, 5) is 0. The Morgan fingerprint density at radius 3 is 2.50 bits per heavy atom. The average Bonchev–Trinajstić information content (AvgIpc) is 2.79. The molecule has 3 N–H and O–H groups in total. The first-order valence-corrected chi connectivity index (χ1v) is 7.72. The summed E-state index contributed by atoms with van der Waals surface area (Å²) in [6, 6.07) is 0.447. The molecule has 3 nitrogen and oxygen atoms in total. The first-order chi connectivity index (χ1) is 8.68. The lowest BCUT2D eigenvalue weighted by Gasteiger charge is -2.44.